The molecule has 0 saturated heterocycles. The molecule has 0 fully saturated rings. The van der Waals surface area contributed by atoms with Crippen molar-refractivity contribution in [2.75, 3.05) is 4.90 Å². The number of anilines is 3. The first-order chi connectivity index (χ1) is 31.3. The van der Waals surface area contributed by atoms with E-state index in [2.05, 4.69) is 252 Å². The molecule has 0 amide bonds. The van der Waals surface area contributed by atoms with E-state index < -0.39 is 0 Å². The molecular weight excluding hydrogens is 781 g/mol. The third kappa shape index (κ3) is 6.41. The second-order valence-corrected chi connectivity index (χ2v) is 17.1. The molecule has 2 aromatic heterocycles. The van der Waals surface area contributed by atoms with Crippen molar-refractivity contribution < 1.29 is 0 Å². The molecule has 0 aliphatic carbocycles. The minimum absolute atomic E-state index is 1.08. The lowest BCUT2D eigenvalue weighted by molar-refractivity contribution is 1.18. The maximum Gasteiger partial charge on any atom is 0.0562 e. The number of hydrogen-bond donors (Lipinski definition) is 0. The standard InChI is InChI=1S/C60H40N2S/c1-4-17-41(18-5-1)42-31-33-43(34-32-42)45-35-38-57(54(39-45)44-19-6-2-7-20-44)61(46-21-8-3-9-22-46)47-36-37-50-48-23-10-13-28-55(48)62(58(50)40-47)56-29-14-11-24-49(56)52-26-16-27-53-51-25-12-15-30-59(51)63-60(52)53/h1-40H. The van der Waals surface area contributed by atoms with Gasteiger partial charge in [-0.15, -0.1) is 11.3 Å². The molecule has 12 rings (SSSR count). The van der Waals surface area contributed by atoms with E-state index in [1.54, 1.807) is 0 Å². The average molecular weight is 821 g/mol. The minimum Gasteiger partial charge on any atom is -0.310 e. The number of hydrogen-bond acceptors (Lipinski definition) is 2. The van der Waals surface area contributed by atoms with E-state index in [0.29, 0.717) is 0 Å². The van der Waals surface area contributed by atoms with Gasteiger partial charge in [0.15, 0.2) is 0 Å². The average Bonchev–Trinajstić information content (AvgIpc) is 3.91. The Labute approximate surface area is 370 Å². The van der Waals surface area contributed by atoms with Gasteiger partial charge in [0.05, 0.1) is 22.4 Å². The molecule has 10 aromatic carbocycles. The van der Waals surface area contributed by atoms with E-state index in [9.17, 15) is 0 Å². The summed E-state index contributed by atoms with van der Waals surface area (Å²) >= 11 is 1.88. The van der Waals surface area contributed by atoms with Gasteiger partial charge in [0.2, 0.25) is 0 Å². The molecule has 12 aromatic rings. The van der Waals surface area contributed by atoms with Gasteiger partial charge in [-0.1, -0.05) is 188 Å². The Balaban J connectivity index is 1.06. The molecular formula is C60H40N2S. The fraction of sp³-hybridized carbons (Fsp3) is 0. The van der Waals surface area contributed by atoms with Gasteiger partial charge in [-0.3, -0.25) is 0 Å². The number of aromatic nitrogens is 1. The fourth-order valence-electron chi connectivity index (χ4n) is 9.46. The SMILES string of the molecule is c1ccc(-c2ccc(-c3ccc(N(c4ccccc4)c4ccc5c6ccccc6n(-c6ccccc6-c6cccc7c6sc6ccccc67)c5c4)c(-c4ccccc4)c3)cc2)cc1. The van der Waals surface area contributed by atoms with E-state index in [1.807, 2.05) is 11.3 Å². The molecule has 296 valence electrons. The normalized spacial score (nSPS) is 11.5. The predicted octanol–water partition coefficient (Wildman–Crippen LogP) is 17.3. The van der Waals surface area contributed by atoms with Crippen LogP contribution in [0.1, 0.15) is 0 Å². The molecule has 0 N–H and O–H groups in total. The first-order valence-electron chi connectivity index (χ1n) is 21.5. The summed E-state index contributed by atoms with van der Waals surface area (Å²) in [4.78, 5) is 2.43. The second-order valence-electron chi connectivity index (χ2n) is 16.1. The highest BCUT2D eigenvalue weighted by Crippen LogP contribution is 2.46. The van der Waals surface area contributed by atoms with Crippen molar-refractivity contribution >= 4 is 70.4 Å². The zero-order valence-electron chi connectivity index (χ0n) is 34.4. The highest BCUT2D eigenvalue weighted by molar-refractivity contribution is 7.26. The van der Waals surface area contributed by atoms with Crippen LogP contribution in [-0.2, 0) is 0 Å². The van der Waals surface area contributed by atoms with Gasteiger partial charge in [0.1, 0.15) is 0 Å². The predicted molar refractivity (Wildman–Crippen MR) is 270 cm³/mol. The second kappa shape index (κ2) is 15.5. The minimum atomic E-state index is 1.08. The quantitative estimate of drug-likeness (QED) is 0.148. The lowest BCUT2D eigenvalue weighted by Gasteiger charge is -2.28. The molecule has 0 unspecified atom stereocenters. The first-order valence-corrected chi connectivity index (χ1v) is 22.3. The van der Waals surface area contributed by atoms with Crippen LogP contribution in [0.2, 0.25) is 0 Å². The van der Waals surface area contributed by atoms with Crippen LogP contribution in [0.25, 0.3) is 92.2 Å². The molecule has 63 heavy (non-hydrogen) atoms. The summed E-state index contributed by atoms with van der Waals surface area (Å²) in [5, 5.41) is 5.06. The van der Waals surface area contributed by atoms with Gasteiger partial charge in [-0.2, -0.15) is 0 Å². The molecule has 0 radical (unpaired) electrons. The van der Waals surface area contributed by atoms with Crippen LogP contribution in [0.5, 0.6) is 0 Å². The van der Waals surface area contributed by atoms with Crippen LogP contribution in [-0.4, -0.2) is 4.57 Å². The van der Waals surface area contributed by atoms with Crippen LogP contribution in [0.15, 0.2) is 243 Å². The largest absolute Gasteiger partial charge is 0.310 e. The Morgan fingerprint density at radius 2 is 0.889 bits per heavy atom. The van der Waals surface area contributed by atoms with Crippen LogP contribution >= 0.6 is 11.3 Å². The van der Waals surface area contributed by atoms with Crippen molar-refractivity contribution in [2.24, 2.45) is 0 Å². The summed E-state index contributed by atoms with van der Waals surface area (Å²) in [6.45, 7) is 0. The Kier molecular flexibility index (Phi) is 9.06. The van der Waals surface area contributed by atoms with Crippen molar-refractivity contribution in [3.8, 4) is 50.2 Å². The van der Waals surface area contributed by atoms with Crippen molar-refractivity contribution in [3.05, 3.63) is 243 Å². The highest BCUT2D eigenvalue weighted by Gasteiger charge is 2.22. The van der Waals surface area contributed by atoms with Gasteiger partial charge in [0.25, 0.3) is 0 Å². The zero-order valence-corrected chi connectivity index (χ0v) is 35.2. The van der Waals surface area contributed by atoms with E-state index in [-0.39, 0.29) is 0 Å². The van der Waals surface area contributed by atoms with E-state index in [0.717, 1.165) is 39.4 Å². The first kappa shape index (κ1) is 36.8. The smallest absolute Gasteiger partial charge is 0.0562 e. The third-order valence-corrected chi connectivity index (χ3v) is 13.6. The summed E-state index contributed by atoms with van der Waals surface area (Å²) in [7, 11) is 0. The molecule has 2 heterocycles. The maximum atomic E-state index is 2.49. The number of benzene rings is 10. The molecule has 2 nitrogen and oxygen atoms in total. The lowest BCUT2D eigenvalue weighted by Crippen LogP contribution is -2.11. The van der Waals surface area contributed by atoms with Gasteiger partial charge < -0.3 is 9.47 Å². The number of nitrogens with zero attached hydrogens (tertiary/aromatic N) is 2. The molecule has 3 heteroatoms. The zero-order chi connectivity index (χ0) is 41.7. The maximum absolute atomic E-state index is 2.49. The fourth-order valence-corrected chi connectivity index (χ4v) is 10.7. The van der Waals surface area contributed by atoms with E-state index in [4.69, 9.17) is 0 Å². The van der Waals surface area contributed by atoms with Gasteiger partial charge >= 0.3 is 0 Å². The van der Waals surface area contributed by atoms with Gasteiger partial charge in [-0.25, -0.2) is 0 Å². The Morgan fingerprint density at radius 3 is 1.68 bits per heavy atom. The summed E-state index contributed by atoms with van der Waals surface area (Å²) in [5.74, 6) is 0. The molecule has 0 atom stereocenters. The lowest BCUT2D eigenvalue weighted by atomic mass is 9.95. The van der Waals surface area contributed by atoms with Crippen LogP contribution < -0.4 is 4.90 Å². The van der Waals surface area contributed by atoms with Crippen LogP contribution in [0.4, 0.5) is 17.1 Å². The summed E-state index contributed by atoms with van der Waals surface area (Å²) in [5.41, 5.74) is 16.3. The Bertz CT molecular complexity index is 3600. The van der Waals surface area contributed by atoms with Crippen molar-refractivity contribution in [1.29, 1.82) is 0 Å². The van der Waals surface area contributed by atoms with Crippen molar-refractivity contribution in [2.45, 2.75) is 0 Å². The number of thiophene rings is 1. The number of rotatable bonds is 8. The number of para-hydroxylation sites is 3. The molecule has 0 spiro atoms. The van der Waals surface area contributed by atoms with Gasteiger partial charge in [0, 0.05) is 59.0 Å². The summed E-state index contributed by atoms with van der Waals surface area (Å²) < 4.78 is 5.11. The summed E-state index contributed by atoms with van der Waals surface area (Å²) in [6, 6.07) is 88.4. The van der Waals surface area contributed by atoms with E-state index >= 15 is 0 Å². The Hall–Kier alpha value is -7.98. The monoisotopic (exact) mass is 820 g/mol. The topological polar surface area (TPSA) is 8.17 Å². The Morgan fingerprint density at radius 1 is 0.317 bits per heavy atom. The van der Waals surface area contributed by atoms with Crippen molar-refractivity contribution in [3.63, 3.8) is 0 Å². The number of fused-ring (bicyclic) bond motifs is 6. The van der Waals surface area contributed by atoms with Crippen LogP contribution in [0, 0.1) is 0 Å². The molecule has 0 aliphatic heterocycles. The third-order valence-electron chi connectivity index (χ3n) is 12.4. The summed E-state index contributed by atoms with van der Waals surface area (Å²) in [6.07, 6.45) is 0. The molecule has 0 aliphatic rings. The van der Waals surface area contributed by atoms with E-state index in [1.165, 1.54) is 69.8 Å². The molecule has 0 bridgehead atoms. The van der Waals surface area contributed by atoms with Crippen molar-refractivity contribution in [1.82, 2.24) is 4.57 Å². The van der Waals surface area contributed by atoms with Crippen LogP contribution in [0.3, 0.4) is 0 Å². The highest BCUT2D eigenvalue weighted by atomic mass is 32.1. The molecule has 0 saturated carbocycles. The van der Waals surface area contributed by atoms with Gasteiger partial charge in [-0.05, 0) is 82.4 Å².